The van der Waals surface area contributed by atoms with Crippen molar-refractivity contribution in [1.29, 1.82) is 0 Å². The number of benzene rings is 1. The smallest absolute Gasteiger partial charge is 0.416 e. The van der Waals surface area contributed by atoms with Crippen LogP contribution in [0.2, 0.25) is 0 Å². The first-order valence-corrected chi connectivity index (χ1v) is 5.69. The molecule has 1 aromatic heterocycles. The zero-order chi connectivity index (χ0) is 13.8. The van der Waals surface area contributed by atoms with Gasteiger partial charge in [0.05, 0.1) is 28.9 Å². The third-order valence-corrected chi connectivity index (χ3v) is 3.17. The highest BCUT2D eigenvalue weighted by Gasteiger charge is 2.34. The van der Waals surface area contributed by atoms with Crippen molar-refractivity contribution in [1.82, 2.24) is 9.78 Å². The number of carboxylic acid groups (broad SMARTS) is 1. The van der Waals surface area contributed by atoms with Gasteiger partial charge in [-0.05, 0) is 25.0 Å². The van der Waals surface area contributed by atoms with Gasteiger partial charge < -0.3 is 5.11 Å². The predicted octanol–water partition coefficient (Wildman–Crippen LogP) is 3.09. The molecular weight excluding hydrogens is 261 g/mol. The SMILES string of the molecule is O=C(O)c1cc(C(F)(F)F)cc2c1cnn2C1CC1. The molecule has 1 N–H and O–H groups in total. The summed E-state index contributed by atoms with van der Waals surface area (Å²) < 4.78 is 39.9. The highest BCUT2D eigenvalue weighted by Crippen LogP contribution is 2.39. The van der Waals surface area contributed by atoms with Crippen molar-refractivity contribution < 1.29 is 23.1 Å². The number of hydrogen-bond acceptors (Lipinski definition) is 2. The standard InChI is InChI=1S/C12H9F3N2O2/c13-12(14,15)6-3-8(11(18)19)9-5-16-17(7-1-2-7)10(9)4-6/h3-5,7H,1-2H2,(H,18,19). The lowest BCUT2D eigenvalue weighted by Crippen LogP contribution is -2.08. The van der Waals surface area contributed by atoms with Crippen molar-refractivity contribution in [2.75, 3.05) is 0 Å². The summed E-state index contributed by atoms with van der Waals surface area (Å²) in [4.78, 5) is 11.1. The van der Waals surface area contributed by atoms with Gasteiger partial charge >= 0.3 is 12.1 Å². The Morgan fingerprint density at radius 2 is 2.05 bits per heavy atom. The number of carboxylic acids is 1. The summed E-state index contributed by atoms with van der Waals surface area (Å²) in [5, 5.41) is 13.3. The fraction of sp³-hybridized carbons (Fsp3) is 0.333. The van der Waals surface area contributed by atoms with Crippen molar-refractivity contribution >= 4 is 16.9 Å². The van der Waals surface area contributed by atoms with Gasteiger partial charge in [-0.3, -0.25) is 4.68 Å². The monoisotopic (exact) mass is 270 g/mol. The second-order valence-electron chi connectivity index (χ2n) is 4.58. The fourth-order valence-electron chi connectivity index (χ4n) is 2.10. The first-order valence-electron chi connectivity index (χ1n) is 5.69. The lowest BCUT2D eigenvalue weighted by Gasteiger charge is -2.09. The van der Waals surface area contributed by atoms with E-state index in [1.807, 2.05) is 0 Å². The Labute approximate surface area is 105 Å². The molecule has 0 bridgehead atoms. The molecule has 0 unspecified atom stereocenters. The van der Waals surface area contributed by atoms with Crippen molar-refractivity contribution in [2.45, 2.75) is 25.1 Å². The number of fused-ring (bicyclic) bond motifs is 1. The lowest BCUT2D eigenvalue weighted by atomic mass is 10.1. The normalized spacial score (nSPS) is 15.9. The molecular formula is C12H9F3N2O2. The first kappa shape index (κ1) is 12.0. The third kappa shape index (κ3) is 1.94. The van der Waals surface area contributed by atoms with Gasteiger partial charge in [-0.15, -0.1) is 0 Å². The van der Waals surface area contributed by atoms with E-state index in [2.05, 4.69) is 5.10 Å². The molecule has 1 aliphatic carbocycles. The molecule has 1 saturated carbocycles. The lowest BCUT2D eigenvalue weighted by molar-refractivity contribution is -0.137. The summed E-state index contributed by atoms with van der Waals surface area (Å²) in [6.45, 7) is 0. The molecule has 1 fully saturated rings. The zero-order valence-corrected chi connectivity index (χ0v) is 9.61. The van der Waals surface area contributed by atoms with E-state index in [9.17, 15) is 18.0 Å². The Bertz CT molecular complexity index is 671. The predicted molar refractivity (Wildman–Crippen MR) is 60.0 cm³/mol. The van der Waals surface area contributed by atoms with Crippen molar-refractivity contribution in [3.05, 3.63) is 29.5 Å². The van der Waals surface area contributed by atoms with E-state index < -0.39 is 17.7 Å². The number of carbonyl (C=O) groups is 1. The molecule has 0 aliphatic heterocycles. The second-order valence-corrected chi connectivity index (χ2v) is 4.58. The van der Waals surface area contributed by atoms with Gasteiger partial charge in [0.25, 0.3) is 0 Å². The minimum Gasteiger partial charge on any atom is -0.478 e. The van der Waals surface area contributed by atoms with E-state index in [4.69, 9.17) is 5.11 Å². The van der Waals surface area contributed by atoms with Crippen LogP contribution in [0.25, 0.3) is 10.9 Å². The van der Waals surface area contributed by atoms with Crippen LogP contribution in [0.3, 0.4) is 0 Å². The molecule has 0 radical (unpaired) electrons. The molecule has 100 valence electrons. The Hall–Kier alpha value is -2.05. The topological polar surface area (TPSA) is 55.1 Å². The average molecular weight is 270 g/mol. The Kier molecular flexibility index (Phi) is 2.35. The summed E-state index contributed by atoms with van der Waals surface area (Å²) in [5.74, 6) is -1.38. The van der Waals surface area contributed by atoms with E-state index in [-0.39, 0.29) is 22.5 Å². The molecule has 4 nitrogen and oxygen atoms in total. The van der Waals surface area contributed by atoms with Gasteiger partial charge in [-0.25, -0.2) is 4.79 Å². The highest BCUT2D eigenvalue weighted by molar-refractivity contribution is 6.03. The summed E-state index contributed by atoms with van der Waals surface area (Å²) >= 11 is 0. The van der Waals surface area contributed by atoms with Crippen LogP contribution in [0, 0.1) is 0 Å². The molecule has 3 rings (SSSR count). The molecule has 1 aliphatic rings. The maximum atomic E-state index is 12.8. The molecule has 0 amide bonds. The van der Waals surface area contributed by atoms with Crippen LogP contribution in [-0.4, -0.2) is 20.9 Å². The minimum atomic E-state index is -4.57. The molecule has 2 aromatic rings. The number of halogens is 3. The zero-order valence-electron chi connectivity index (χ0n) is 9.61. The number of alkyl halides is 3. The summed E-state index contributed by atoms with van der Waals surface area (Å²) in [5.41, 5.74) is -1.09. The molecule has 19 heavy (non-hydrogen) atoms. The van der Waals surface area contributed by atoms with E-state index in [1.165, 1.54) is 10.9 Å². The highest BCUT2D eigenvalue weighted by atomic mass is 19.4. The van der Waals surface area contributed by atoms with Crippen molar-refractivity contribution in [3.8, 4) is 0 Å². The molecule has 7 heteroatoms. The number of nitrogens with zero attached hydrogens (tertiary/aromatic N) is 2. The molecule has 0 atom stereocenters. The van der Waals surface area contributed by atoms with Gasteiger partial charge in [0.15, 0.2) is 0 Å². The van der Waals surface area contributed by atoms with Crippen molar-refractivity contribution in [2.24, 2.45) is 0 Å². The van der Waals surface area contributed by atoms with Crippen LogP contribution < -0.4 is 0 Å². The summed E-state index contributed by atoms with van der Waals surface area (Å²) in [7, 11) is 0. The third-order valence-electron chi connectivity index (χ3n) is 3.17. The van der Waals surface area contributed by atoms with Crippen LogP contribution in [-0.2, 0) is 6.18 Å². The Morgan fingerprint density at radius 1 is 1.37 bits per heavy atom. The van der Waals surface area contributed by atoms with E-state index in [0.29, 0.717) is 6.07 Å². The largest absolute Gasteiger partial charge is 0.478 e. The van der Waals surface area contributed by atoms with Crippen LogP contribution in [0.1, 0.15) is 34.8 Å². The van der Waals surface area contributed by atoms with E-state index in [1.54, 1.807) is 0 Å². The molecule has 0 spiro atoms. The van der Waals surface area contributed by atoms with E-state index >= 15 is 0 Å². The quantitative estimate of drug-likeness (QED) is 0.912. The molecule has 1 aromatic carbocycles. The Morgan fingerprint density at radius 3 is 2.58 bits per heavy atom. The van der Waals surface area contributed by atoms with E-state index in [0.717, 1.165) is 18.9 Å². The van der Waals surface area contributed by atoms with Gasteiger partial charge in [-0.2, -0.15) is 18.3 Å². The van der Waals surface area contributed by atoms with Crippen LogP contribution >= 0.6 is 0 Å². The van der Waals surface area contributed by atoms with Crippen LogP contribution in [0.4, 0.5) is 13.2 Å². The number of hydrogen-bond donors (Lipinski definition) is 1. The van der Waals surface area contributed by atoms with Gasteiger partial charge in [-0.1, -0.05) is 0 Å². The van der Waals surface area contributed by atoms with Gasteiger partial charge in [0, 0.05) is 5.39 Å². The molecule has 0 saturated heterocycles. The first-order chi connectivity index (χ1) is 8.88. The number of aromatic nitrogens is 2. The van der Waals surface area contributed by atoms with Crippen LogP contribution in [0.15, 0.2) is 18.3 Å². The number of rotatable bonds is 2. The van der Waals surface area contributed by atoms with Gasteiger partial charge in [0.2, 0.25) is 0 Å². The average Bonchev–Trinajstić information content (AvgIpc) is 3.06. The second kappa shape index (κ2) is 3.72. The van der Waals surface area contributed by atoms with Crippen LogP contribution in [0.5, 0.6) is 0 Å². The fourth-order valence-corrected chi connectivity index (χ4v) is 2.10. The maximum Gasteiger partial charge on any atom is 0.416 e. The Balaban J connectivity index is 2.30. The number of aromatic carboxylic acids is 1. The summed E-state index contributed by atoms with van der Waals surface area (Å²) in [6, 6.07) is 1.71. The summed E-state index contributed by atoms with van der Waals surface area (Å²) in [6.07, 6.45) is -1.54. The minimum absolute atomic E-state index is 0.0858. The van der Waals surface area contributed by atoms with Gasteiger partial charge in [0.1, 0.15) is 0 Å². The maximum absolute atomic E-state index is 12.8. The van der Waals surface area contributed by atoms with Crippen molar-refractivity contribution in [3.63, 3.8) is 0 Å². The molecule has 1 heterocycles.